The SMILES string of the molecule is Cc1cnc(-c2cnc(C(=O)N(C)C)n2C)cc1-n1c(C)cc([C@H]2C[C@@H]2c2ccc(F)cc2)c(Cl)c1=O. The van der Waals surface area contributed by atoms with Gasteiger partial charge < -0.3 is 9.47 Å². The van der Waals surface area contributed by atoms with E-state index < -0.39 is 0 Å². The van der Waals surface area contributed by atoms with Crippen LogP contribution in [0.4, 0.5) is 4.39 Å². The van der Waals surface area contributed by atoms with E-state index in [-0.39, 0.29) is 34.1 Å². The molecule has 1 aliphatic rings. The first-order valence-electron chi connectivity index (χ1n) is 12.0. The largest absolute Gasteiger partial charge is 0.342 e. The molecule has 190 valence electrons. The number of benzene rings is 1. The lowest BCUT2D eigenvalue weighted by Crippen LogP contribution is -2.25. The maximum atomic E-state index is 13.6. The molecule has 0 saturated heterocycles. The predicted octanol–water partition coefficient (Wildman–Crippen LogP) is 5.02. The number of halogens is 2. The van der Waals surface area contributed by atoms with E-state index in [1.54, 1.807) is 54.8 Å². The summed E-state index contributed by atoms with van der Waals surface area (Å²) < 4.78 is 16.6. The molecule has 0 radical (unpaired) electrons. The van der Waals surface area contributed by atoms with E-state index in [2.05, 4.69) is 9.97 Å². The summed E-state index contributed by atoms with van der Waals surface area (Å²) in [6.07, 6.45) is 4.16. The Morgan fingerprint density at radius 2 is 1.78 bits per heavy atom. The number of amides is 1. The van der Waals surface area contributed by atoms with Crippen LogP contribution in [0.25, 0.3) is 17.1 Å². The number of nitrogens with zero attached hydrogens (tertiary/aromatic N) is 5. The highest BCUT2D eigenvalue weighted by atomic mass is 35.5. The molecule has 2 atom stereocenters. The minimum Gasteiger partial charge on any atom is -0.342 e. The molecule has 7 nitrogen and oxygen atoms in total. The Morgan fingerprint density at radius 3 is 2.46 bits per heavy atom. The van der Waals surface area contributed by atoms with Crippen molar-refractivity contribution in [2.75, 3.05) is 14.1 Å². The Kier molecular flexibility index (Phi) is 6.23. The lowest BCUT2D eigenvalue weighted by Gasteiger charge is -2.17. The van der Waals surface area contributed by atoms with Crippen LogP contribution in [0.3, 0.4) is 0 Å². The second-order valence-electron chi connectivity index (χ2n) is 9.78. The van der Waals surface area contributed by atoms with Crippen LogP contribution in [0.1, 0.15) is 51.3 Å². The molecule has 4 aromatic rings. The highest BCUT2D eigenvalue weighted by Gasteiger charge is 2.41. The Labute approximate surface area is 219 Å². The molecule has 1 saturated carbocycles. The summed E-state index contributed by atoms with van der Waals surface area (Å²) in [5.41, 5.74) is 5.02. The first kappa shape index (κ1) is 24.9. The van der Waals surface area contributed by atoms with Gasteiger partial charge in [0.05, 0.1) is 23.3 Å². The highest BCUT2D eigenvalue weighted by Crippen LogP contribution is 2.55. The molecule has 5 rings (SSSR count). The van der Waals surface area contributed by atoms with Crippen LogP contribution >= 0.6 is 11.6 Å². The van der Waals surface area contributed by atoms with Crippen LogP contribution in [0.15, 0.2) is 53.6 Å². The molecular formula is C28H27ClFN5O2. The molecule has 37 heavy (non-hydrogen) atoms. The van der Waals surface area contributed by atoms with Crippen molar-refractivity contribution in [1.82, 2.24) is 24.0 Å². The standard InChI is InChI=1S/C28H27ClFN5O2/c1-15-13-31-22(24-14-32-26(34(24)5)28(37)33(3)4)12-23(15)35-16(2)10-21(25(29)27(35)36)20-11-19(20)17-6-8-18(30)9-7-17/h6-10,12-14,19-20H,11H2,1-5H3/t19-,20+/m1/s1. The van der Waals surface area contributed by atoms with E-state index in [4.69, 9.17) is 11.6 Å². The number of aryl methyl sites for hydroxylation is 2. The zero-order chi connectivity index (χ0) is 26.6. The van der Waals surface area contributed by atoms with E-state index in [1.165, 1.54) is 17.0 Å². The molecule has 3 heterocycles. The van der Waals surface area contributed by atoms with E-state index in [9.17, 15) is 14.0 Å². The molecule has 0 unspecified atom stereocenters. The summed E-state index contributed by atoms with van der Waals surface area (Å²) in [6, 6.07) is 10.3. The number of carbonyl (C=O) groups excluding carboxylic acids is 1. The predicted molar refractivity (Wildman–Crippen MR) is 141 cm³/mol. The molecule has 1 fully saturated rings. The Bertz CT molecular complexity index is 1590. The zero-order valence-electron chi connectivity index (χ0n) is 21.3. The average Bonchev–Trinajstić information content (AvgIpc) is 3.57. The summed E-state index contributed by atoms with van der Waals surface area (Å²) in [5, 5.41) is 0.192. The van der Waals surface area contributed by atoms with Crippen LogP contribution in [0, 0.1) is 19.7 Å². The van der Waals surface area contributed by atoms with Gasteiger partial charge in [0.25, 0.3) is 11.5 Å². The maximum absolute atomic E-state index is 13.6. The van der Waals surface area contributed by atoms with Crippen molar-refractivity contribution in [2.24, 2.45) is 7.05 Å². The van der Waals surface area contributed by atoms with E-state index in [1.807, 2.05) is 26.0 Å². The van der Waals surface area contributed by atoms with Gasteiger partial charge in [0.15, 0.2) is 5.82 Å². The Morgan fingerprint density at radius 1 is 1.08 bits per heavy atom. The van der Waals surface area contributed by atoms with Crippen molar-refractivity contribution in [1.29, 1.82) is 0 Å². The van der Waals surface area contributed by atoms with Crippen LogP contribution in [-0.4, -0.2) is 44.0 Å². The van der Waals surface area contributed by atoms with Gasteiger partial charge in [0.1, 0.15) is 10.8 Å². The van der Waals surface area contributed by atoms with Crippen molar-refractivity contribution in [3.05, 3.63) is 98.2 Å². The summed E-state index contributed by atoms with van der Waals surface area (Å²) >= 11 is 6.67. The third kappa shape index (κ3) is 4.35. The van der Waals surface area contributed by atoms with Crippen molar-refractivity contribution >= 4 is 17.5 Å². The summed E-state index contributed by atoms with van der Waals surface area (Å²) in [7, 11) is 5.10. The quantitative estimate of drug-likeness (QED) is 0.371. The third-order valence-electron chi connectivity index (χ3n) is 7.01. The number of hydrogen-bond acceptors (Lipinski definition) is 4. The number of aromatic nitrogens is 4. The monoisotopic (exact) mass is 519 g/mol. The fourth-order valence-corrected chi connectivity index (χ4v) is 5.14. The van der Waals surface area contributed by atoms with Gasteiger partial charge in [-0.05, 0) is 73.1 Å². The average molecular weight is 520 g/mol. The Balaban J connectivity index is 1.53. The van der Waals surface area contributed by atoms with Crippen LogP contribution < -0.4 is 5.56 Å². The molecule has 1 amide bonds. The molecule has 0 N–H and O–H groups in total. The highest BCUT2D eigenvalue weighted by molar-refractivity contribution is 6.31. The van der Waals surface area contributed by atoms with E-state index in [0.717, 1.165) is 28.8 Å². The van der Waals surface area contributed by atoms with E-state index >= 15 is 0 Å². The van der Waals surface area contributed by atoms with Crippen molar-refractivity contribution in [3.63, 3.8) is 0 Å². The molecule has 1 aliphatic carbocycles. The van der Waals surface area contributed by atoms with Gasteiger partial charge >= 0.3 is 0 Å². The number of hydrogen-bond donors (Lipinski definition) is 0. The van der Waals surface area contributed by atoms with Crippen LogP contribution in [0.2, 0.25) is 5.02 Å². The lowest BCUT2D eigenvalue weighted by molar-refractivity contribution is 0.0812. The topological polar surface area (TPSA) is 73.0 Å². The summed E-state index contributed by atoms with van der Waals surface area (Å²) in [5.74, 6) is 0.150. The molecule has 3 aromatic heterocycles. The number of imidazole rings is 1. The van der Waals surface area contributed by atoms with Crippen molar-refractivity contribution < 1.29 is 9.18 Å². The smallest absolute Gasteiger partial charge is 0.289 e. The minimum atomic E-state index is -0.296. The fourth-order valence-electron chi connectivity index (χ4n) is 4.86. The molecule has 9 heteroatoms. The second kappa shape index (κ2) is 9.27. The molecule has 0 aliphatic heterocycles. The lowest BCUT2D eigenvalue weighted by atomic mass is 10.0. The summed E-state index contributed by atoms with van der Waals surface area (Å²) in [6.45, 7) is 3.77. The zero-order valence-corrected chi connectivity index (χ0v) is 22.0. The maximum Gasteiger partial charge on any atom is 0.289 e. The van der Waals surface area contributed by atoms with E-state index in [0.29, 0.717) is 22.9 Å². The van der Waals surface area contributed by atoms with Gasteiger partial charge in [-0.2, -0.15) is 0 Å². The fraction of sp³-hybridized carbons (Fsp3) is 0.286. The third-order valence-corrected chi connectivity index (χ3v) is 7.39. The van der Waals surface area contributed by atoms with Gasteiger partial charge in [-0.25, -0.2) is 9.37 Å². The Hall–Kier alpha value is -3.78. The number of carbonyl (C=O) groups is 1. The van der Waals surface area contributed by atoms with Crippen molar-refractivity contribution in [3.8, 4) is 17.1 Å². The normalized spacial score (nSPS) is 16.6. The van der Waals surface area contributed by atoms with Gasteiger partial charge in [-0.1, -0.05) is 23.7 Å². The first-order valence-corrected chi connectivity index (χ1v) is 12.3. The van der Waals surface area contributed by atoms with Gasteiger partial charge in [0, 0.05) is 33.0 Å². The van der Waals surface area contributed by atoms with Crippen LogP contribution in [0.5, 0.6) is 0 Å². The van der Waals surface area contributed by atoms with Crippen molar-refractivity contribution in [2.45, 2.75) is 32.1 Å². The second-order valence-corrected chi connectivity index (χ2v) is 10.2. The van der Waals surface area contributed by atoms with Crippen LogP contribution in [-0.2, 0) is 7.05 Å². The van der Waals surface area contributed by atoms with Gasteiger partial charge in [-0.15, -0.1) is 0 Å². The van der Waals surface area contributed by atoms with Gasteiger partial charge in [0.2, 0.25) is 0 Å². The minimum absolute atomic E-state index is 0.121. The molecular weight excluding hydrogens is 493 g/mol. The first-order chi connectivity index (χ1) is 17.6. The van der Waals surface area contributed by atoms with Gasteiger partial charge in [-0.3, -0.25) is 19.1 Å². The summed E-state index contributed by atoms with van der Waals surface area (Å²) in [4.78, 5) is 36.3. The molecule has 0 spiro atoms. The molecule has 0 bridgehead atoms. The number of pyridine rings is 2. The number of rotatable bonds is 5. The molecule has 1 aromatic carbocycles.